The fourth-order valence-electron chi connectivity index (χ4n) is 1.39. The highest BCUT2D eigenvalue weighted by Crippen LogP contribution is 2.33. The maximum Gasteiger partial charge on any atom is 0.407 e. The van der Waals surface area contributed by atoms with Gasteiger partial charge in [0.15, 0.2) is 5.72 Å². The molecule has 19 heavy (non-hydrogen) atoms. The molecule has 1 atom stereocenters. The van der Waals surface area contributed by atoms with Crippen molar-refractivity contribution in [2.24, 2.45) is 5.41 Å². The number of benzene rings is 1. The molecule has 0 aliphatic carbocycles. The molecule has 0 aromatic heterocycles. The van der Waals surface area contributed by atoms with Crippen molar-refractivity contribution in [3.8, 4) is 5.75 Å². The summed E-state index contributed by atoms with van der Waals surface area (Å²) >= 11 is 0. The third-order valence-corrected chi connectivity index (χ3v) is 2.93. The molecule has 0 radical (unpaired) electrons. The molecule has 1 amide bonds. The van der Waals surface area contributed by atoms with Crippen LogP contribution in [-0.4, -0.2) is 16.9 Å². The van der Waals surface area contributed by atoms with Crippen molar-refractivity contribution in [2.75, 3.05) is 0 Å². The molecule has 1 aromatic carbocycles. The van der Waals surface area contributed by atoms with Crippen LogP contribution in [0.2, 0.25) is 0 Å². The van der Waals surface area contributed by atoms with E-state index in [1.165, 1.54) is 6.92 Å². The van der Waals surface area contributed by atoms with Crippen LogP contribution in [-0.2, 0) is 0 Å². The predicted octanol–water partition coefficient (Wildman–Crippen LogP) is 3.37. The number of hydrogen-bond acceptors (Lipinski definition) is 2. The molecule has 0 heterocycles. The minimum atomic E-state index is -1.33. The van der Waals surface area contributed by atoms with Crippen molar-refractivity contribution in [2.45, 2.75) is 33.4 Å². The van der Waals surface area contributed by atoms with Crippen LogP contribution in [0.3, 0.4) is 0 Å². The van der Waals surface area contributed by atoms with Crippen molar-refractivity contribution in [1.29, 1.82) is 0 Å². The summed E-state index contributed by atoms with van der Waals surface area (Å²) in [6.07, 6.45) is -1.28. The van der Waals surface area contributed by atoms with Crippen LogP contribution in [0.15, 0.2) is 18.2 Å². The molecule has 0 aliphatic rings. The van der Waals surface area contributed by atoms with E-state index in [0.29, 0.717) is 6.07 Å². The van der Waals surface area contributed by atoms with Crippen molar-refractivity contribution >= 4 is 6.09 Å². The van der Waals surface area contributed by atoms with Gasteiger partial charge in [0.05, 0.1) is 0 Å². The molecule has 0 spiro atoms. The van der Waals surface area contributed by atoms with Crippen LogP contribution in [0.1, 0.15) is 27.7 Å². The molecule has 1 rings (SSSR count). The summed E-state index contributed by atoms with van der Waals surface area (Å²) in [7, 11) is 0. The third-order valence-electron chi connectivity index (χ3n) is 2.93. The first-order valence-corrected chi connectivity index (χ1v) is 5.70. The Kier molecular flexibility index (Phi) is 4.03. The zero-order valence-electron chi connectivity index (χ0n) is 11.3. The number of carbonyl (C=O) groups is 1. The Morgan fingerprint density at radius 1 is 1.16 bits per heavy atom. The molecule has 0 aliphatic heterocycles. The average Bonchev–Trinajstić information content (AvgIpc) is 2.11. The van der Waals surface area contributed by atoms with E-state index in [4.69, 9.17) is 9.84 Å². The second kappa shape index (κ2) is 5.03. The first-order valence-electron chi connectivity index (χ1n) is 5.70. The zero-order chi connectivity index (χ0) is 14.8. The molecule has 0 bridgehead atoms. The smallest absolute Gasteiger partial charge is 0.407 e. The van der Waals surface area contributed by atoms with E-state index in [1.807, 2.05) is 0 Å². The maximum atomic E-state index is 13.1. The minimum Gasteiger partial charge on any atom is -0.468 e. The molecule has 1 aromatic rings. The van der Waals surface area contributed by atoms with Crippen LogP contribution in [0, 0.1) is 17.0 Å². The molecular formula is C13H17F2NO3. The fraction of sp³-hybridized carbons (Fsp3) is 0.462. The van der Waals surface area contributed by atoms with E-state index in [0.717, 1.165) is 12.1 Å². The van der Waals surface area contributed by atoms with Gasteiger partial charge in [0, 0.05) is 23.6 Å². The minimum absolute atomic E-state index is 0.0799. The summed E-state index contributed by atoms with van der Waals surface area (Å²) in [4.78, 5) is 10.8. The van der Waals surface area contributed by atoms with E-state index in [-0.39, 0.29) is 5.75 Å². The van der Waals surface area contributed by atoms with E-state index in [2.05, 4.69) is 5.32 Å². The Labute approximate surface area is 110 Å². The van der Waals surface area contributed by atoms with Gasteiger partial charge in [-0.3, -0.25) is 5.32 Å². The Morgan fingerprint density at radius 2 is 1.63 bits per heavy atom. The lowest BCUT2D eigenvalue weighted by atomic mass is 9.84. The van der Waals surface area contributed by atoms with Gasteiger partial charge in [0.25, 0.3) is 0 Å². The molecule has 4 nitrogen and oxygen atoms in total. The lowest BCUT2D eigenvalue weighted by Gasteiger charge is -2.41. The molecule has 0 fully saturated rings. The highest BCUT2D eigenvalue weighted by atomic mass is 19.1. The number of nitrogens with one attached hydrogen (secondary N) is 1. The summed E-state index contributed by atoms with van der Waals surface area (Å²) in [6.45, 7) is 6.75. The third kappa shape index (κ3) is 3.81. The molecule has 106 valence electrons. The van der Waals surface area contributed by atoms with Gasteiger partial charge in [-0.25, -0.2) is 13.6 Å². The van der Waals surface area contributed by atoms with E-state index in [1.54, 1.807) is 20.8 Å². The standard InChI is InChI=1S/C13H17F2NO3/c1-12(2,3)13(4,16-11(17)18)19-10-6-8(14)5-9(15)7-10/h5-7,16H,1-4H3,(H,17,18). The molecule has 0 saturated heterocycles. The first kappa shape index (κ1) is 15.2. The van der Waals surface area contributed by atoms with Crippen molar-refractivity contribution in [1.82, 2.24) is 5.32 Å². The normalized spacial score (nSPS) is 14.6. The topological polar surface area (TPSA) is 58.6 Å². The van der Waals surface area contributed by atoms with Crippen LogP contribution in [0.4, 0.5) is 13.6 Å². The lowest BCUT2D eigenvalue weighted by Crippen LogP contribution is -2.58. The van der Waals surface area contributed by atoms with Crippen LogP contribution >= 0.6 is 0 Å². The van der Waals surface area contributed by atoms with E-state index in [9.17, 15) is 13.6 Å². The number of hydrogen-bond donors (Lipinski definition) is 2. The van der Waals surface area contributed by atoms with Crippen LogP contribution < -0.4 is 10.1 Å². The van der Waals surface area contributed by atoms with Crippen molar-refractivity contribution < 1.29 is 23.4 Å². The van der Waals surface area contributed by atoms with Gasteiger partial charge in [0.1, 0.15) is 17.4 Å². The van der Waals surface area contributed by atoms with Gasteiger partial charge in [-0.1, -0.05) is 20.8 Å². The van der Waals surface area contributed by atoms with Crippen LogP contribution in [0.25, 0.3) is 0 Å². The van der Waals surface area contributed by atoms with Crippen LogP contribution in [0.5, 0.6) is 5.75 Å². The Balaban J connectivity index is 3.10. The Bertz CT molecular complexity index is 465. The van der Waals surface area contributed by atoms with Gasteiger partial charge in [0.2, 0.25) is 0 Å². The molecule has 6 heteroatoms. The summed E-state index contributed by atoms with van der Waals surface area (Å²) in [5, 5.41) is 11.1. The summed E-state index contributed by atoms with van der Waals surface area (Å²) in [5.41, 5.74) is -1.97. The fourth-order valence-corrected chi connectivity index (χ4v) is 1.39. The SMILES string of the molecule is CC(C)(C)C(C)(NC(=O)O)Oc1cc(F)cc(F)c1. The van der Waals surface area contributed by atoms with Gasteiger partial charge in [-0.15, -0.1) is 0 Å². The Hall–Kier alpha value is -1.85. The van der Waals surface area contributed by atoms with E-state index >= 15 is 0 Å². The number of halogens is 2. The highest BCUT2D eigenvalue weighted by Gasteiger charge is 2.41. The quantitative estimate of drug-likeness (QED) is 0.830. The molecule has 2 N–H and O–H groups in total. The summed E-state index contributed by atoms with van der Waals surface area (Å²) in [5.74, 6) is -1.66. The predicted molar refractivity (Wildman–Crippen MR) is 66.0 cm³/mol. The number of carboxylic acid groups (broad SMARTS) is 1. The number of rotatable bonds is 3. The molecular weight excluding hydrogens is 256 g/mol. The number of ether oxygens (including phenoxy) is 1. The number of amides is 1. The lowest BCUT2D eigenvalue weighted by molar-refractivity contribution is -0.0410. The zero-order valence-corrected chi connectivity index (χ0v) is 11.3. The summed E-state index contributed by atoms with van der Waals surface area (Å²) in [6, 6.07) is 2.71. The highest BCUT2D eigenvalue weighted by molar-refractivity contribution is 5.65. The second-order valence-corrected chi connectivity index (χ2v) is 5.42. The maximum absolute atomic E-state index is 13.1. The van der Waals surface area contributed by atoms with Gasteiger partial charge in [-0.2, -0.15) is 0 Å². The molecule has 1 unspecified atom stereocenters. The largest absolute Gasteiger partial charge is 0.468 e. The van der Waals surface area contributed by atoms with Gasteiger partial charge >= 0.3 is 6.09 Å². The Morgan fingerprint density at radius 3 is 2.00 bits per heavy atom. The average molecular weight is 273 g/mol. The van der Waals surface area contributed by atoms with Gasteiger partial charge < -0.3 is 9.84 Å². The first-order chi connectivity index (χ1) is 8.53. The van der Waals surface area contributed by atoms with E-state index < -0.39 is 28.9 Å². The summed E-state index contributed by atoms with van der Waals surface area (Å²) < 4.78 is 31.7. The van der Waals surface area contributed by atoms with Gasteiger partial charge in [-0.05, 0) is 6.92 Å². The second-order valence-electron chi connectivity index (χ2n) is 5.42. The van der Waals surface area contributed by atoms with Crippen molar-refractivity contribution in [3.63, 3.8) is 0 Å². The van der Waals surface area contributed by atoms with Crippen molar-refractivity contribution in [3.05, 3.63) is 29.8 Å². The monoisotopic (exact) mass is 273 g/mol. The molecule has 0 saturated carbocycles.